The molecule has 0 amide bonds. The van der Waals surface area contributed by atoms with Crippen LogP contribution in [-0.4, -0.2) is 14.5 Å². The van der Waals surface area contributed by atoms with E-state index >= 15 is 0 Å². The molecule has 0 unspecified atom stereocenters. The fourth-order valence-electron chi connectivity index (χ4n) is 2.49. The Morgan fingerprint density at radius 2 is 1.80 bits per heavy atom. The molecule has 3 aromatic rings. The minimum absolute atomic E-state index is 0.129. The van der Waals surface area contributed by atoms with Crippen LogP contribution in [0.15, 0.2) is 57.4 Å². The van der Waals surface area contributed by atoms with E-state index in [9.17, 15) is 4.79 Å². The molecule has 0 aliphatic rings. The van der Waals surface area contributed by atoms with Gasteiger partial charge in [0.2, 0.25) is 0 Å². The number of nitrogens with zero attached hydrogens (tertiary/aromatic N) is 2. The van der Waals surface area contributed by atoms with Crippen molar-refractivity contribution < 1.29 is 0 Å². The fourth-order valence-corrected chi connectivity index (χ4v) is 4.39. The van der Waals surface area contributed by atoms with Gasteiger partial charge in [-0.2, -0.15) is 0 Å². The molecular formula is C18H17Cl2N3OS. The predicted octanol–water partition coefficient (Wildman–Crippen LogP) is 5.20. The molecule has 0 aliphatic heterocycles. The number of hydrogen-bond acceptors (Lipinski definition) is 3. The van der Waals surface area contributed by atoms with Crippen LogP contribution in [0.1, 0.15) is 31.0 Å². The van der Waals surface area contributed by atoms with Crippen molar-refractivity contribution in [3.63, 3.8) is 0 Å². The summed E-state index contributed by atoms with van der Waals surface area (Å²) in [6, 6.07) is 9.18. The second-order valence-electron chi connectivity index (χ2n) is 5.95. The second-order valence-corrected chi connectivity index (χ2v) is 7.89. The topological polar surface area (TPSA) is 50.7 Å². The van der Waals surface area contributed by atoms with Crippen molar-refractivity contribution in [3.05, 3.63) is 74.5 Å². The monoisotopic (exact) mass is 393 g/mol. The highest BCUT2D eigenvalue weighted by Crippen LogP contribution is 2.35. The minimum atomic E-state index is -0.129. The Balaban J connectivity index is 2.05. The van der Waals surface area contributed by atoms with E-state index in [0.29, 0.717) is 16.6 Å². The third-order valence-corrected chi connectivity index (χ3v) is 5.22. The van der Waals surface area contributed by atoms with Crippen LogP contribution in [0.5, 0.6) is 0 Å². The van der Waals surface area contributed by atoms with Gasteiger partial charge in [-0.05, 0) is 41.8 Å². The van der Waals surface area contributed by atoms with Crippen molar-refractivity contribution in [2.24, 2.45) is 0 Å². The molecule has 1 N–H and O–H groups in total. The molecule has 0 atom stereocenters. The van der Waals surface area contributed by atoms with Crippen molar-refractivity contribution >= 4 is 35.0 Å². The van der Waals surface area contributed by atoms with E-state index in [0.717, 1.165) is 21.2 Å². The van der Waals surface area contributed by atoms with Crippen molar-refractivity contribution in [2.45, 2.75) is 36.2 Å². The van der Waals surface area contributed by atoms with Gasteiger partial charge in [0.15, 0.2) is 0 Å². The minimum Gasteiger partial charge on any atom is -0.308 e. The number of H-pyrrole nitrogens is 1. The molecule has 0 spiro atoms. The third-order valence-electron chi connectivity index (χ3n) is 3.68. The van der Waals surface area contributed by atoms with Gasteiger partial charge in [-0.15, -0.1) is 0 Å². The molecule has 0 bridgehead atoms. The normalized spacial score (nSPS) is 11.2. The van der Waals surface area contributed by atoms with Crippen molar-refractivity contribution in [1.82, 2.24) is 14.5 Å². The average Bonchev–Trinajstić information content (AvgIpc) is 2.84. The maximum Gasteiger partial charge on any atom is 0.326 e. The van der Waals surface area contributed by atoms with Crippen LogP contribution in [-0.2, 0) is 6.54 Å². The zero-order valence-corrected chi connectivity index (χ0v) is 16.1. The average molecular weight is 394 g/mol. The summed E-state index contributed by atoms with van der Waals surface area (Å²) in [4.78, 5) is 20.4. The summed E-state index contributed by atoms with van der Waals surface area (Å²) >= 11 is 13.7. The Kier molecular flexibility index (Phi) is 5.57. The Bertz CT molecular complexity index is 915. The van der Waals surface area contributed by atoms with Crippen LogP contribution >= 0.6 is 35.0 Å². The summed E-state index contributed by atoms with van der Waals surface area (Å²) in [7, 11) is 0. The van der Waals surface area contributed by atoms with Crippen LogP contribution in [0.25, 0.3) is 0 Å². The predicted molar refractivity (Wildman–Crippen MR) is 103 cm³/mol. The lowest BCUT2D eigenvalue weighted by Gasteiger charge is -2.11. The molecule has 7 heteroatoms. The number of pyridine rings is 1. The molecule has 2 heterocycles. The third kappa shape index (κ3) is 4.29. The first-order chi connectivity index (χ1) is 11.9. The Hall–Kier alpha value is -1.69. The first-order valence-electron chi connectivity index (χ1n) is 7.79. The van der Waals surface area contributed by atoms with Gasteiger partial charge in [-0.1, -0.05) is 48.8 Å². The first-order valence-corrected chi connectivity index (χ1v) is 9.37. The van der Waals surface area contributed by atoms with Gasteiger partial charge in [0, 0.05) is 27.3 Å². The van der Waals surface area contributed by atoms with E-state index < -0.39 is 0 Å². The van der Waals surface area contributed by atoms with Crippen LogP contribution in [0, 0.1) is 0 Å². The number of imidazole rings is 1. The standard InChI is InChI=1S/C18H17Cl2N3OS/c1-11(2)16-17(25-15-8-13(19)7-14(20)9-15)23(18(24)22-16)10-12-3-5-21-6-4-12/h3-9,11H,10H2,1-2H3,(H,22,24). The molecule has 0 saturated heterocycles. The molecular weight excluding hydrogens is 377 g/mol. The molecule has 0 saturated carbocycles. The lowest BCUT2D eigenvalue weighted by molar-refractivity contribution is 0.688. The van der Waals surface area contributed by atoms with Crippen LogP contribution in [0.3, 0.4) is 0 Å². The van der Waals surface area contributed by atoms with Crippen LogP contribution in [0.4, 0.5) is 0 Å². The fraction of sp³-hybridized carbons (Fsp3) is 0.222. The Labute approximate surface area is 160 Å². The summed E-state index contributed by atoms with van der Waals surface area (Å²) < 4.78 is 1.74. The summed E-state index contributed by atoms with van der Waals surface area (Å²) in [6.07, 6.45) is 3.44. The van der Waals surface area contributed by atoms with E-state index in [1.54, 1.807) is 23.0 Å². The van der Waals surface area contributed by atoms with Gasteiger partial charge in [0.1, 0.15) is 5.03 Å². The molecule has 4 nitrogen and oxygen atoms in total. The number of benzene rings is 1. The maximum absolute atomic E-state index is 12.5. The molecule has 0 aliphatic carbocycles. The maximum atomic E-state index is 12.5. The molecule has 0 fully saturated rings. The summed E-state index contributed by atoms with van der Waals surface area (Å²) in [5.74, 6) is 0.184. The highest BCUT2D eigenvalue weighted by atomic mass is 35.5. The molecule has 1 aromatic carbocycles. The van der Waals surface area contributed by atoms with E-state index in [1.165, 1.54) is 11.8 Å². The number of aromatic nitrogens is 3. The molecule has 3 rings (SSSR count). The smallest absolute Gasteiger partial charge is 0.308 e. The lowest BCUT2D eigenvalue weighted by atomic mass is 10.1. The van der Waals surface area contributed by atoms with Crippen molar-refractivity contribution in [3.8, 4) is 0 Å². The number of hydrogen-bond donors (Lipinski definition) is 1. The SMILES string of the molecule is CC(C)c1[nH]c(=O)n(Cc2ccncc2)c1Sc1cc(Cl)cc(Cl)c1. The molecule has 25 heavy (non-hydrogen) atoms. The molecule has 0 radical (unpaired) electrons. The Morgan fingerprint density at radius 3 is 2.40 bits per heavy atom. The van der Waals surface area contributed by atoms with Crippen LogP contribution in [0.2, 0.25) is 10.0 Å². The zero-order chi connectivity index (χ0) is 18.0. The summed E-state index contributed by atoms with van der Waals surface area (Å²) in [5, 5.41) is 2.01. The highest BCUT2D eigenvalue weighted by molar-refractivity contribution is 7.99. The number of rotatable bonds is 5. The van der Waals surface area contributed by atoms with E-state index in [2.05, 4.69) is 23.8 Å². The highest BCUT2D eigenvalue weighted by Gasteiger charge is 2.18. The van der Waals surface area contributed by atoms with Gasteiger partial charge < -0.3 is 4.98 Å². The zero-order valence-electron chi connectivity index (χ0n) is 13.8. The summed E-state index contributed by atoms with van der Waals surface area (Å²) in [6.45, 7) is 4.58. The lowest BCUT2D eigenvalue weighted by Crippen LogP contribution is -2.18. The van der Waals surface area contributed by atoms with E-state index in [1.807, 2.05) is 24.3 Å². The second kappa shape index (κ2) is 7.68. The van der Waals surface area contributed by atoms with Crippen molar-refractivity contribution in [1.29, 1.82) is 0 Å². The van der Waals surface area contributed by atoms with E-state index in [4.69, 9.17) is 23.2 Å². The first kappa shape index (κ1) is 18.1. The largest absolute Gasteiger partial charge is 0.326 e. The molecule has 130 valence electrons. The van der Waals surface area contributed by atoms with Gasteiger partial charge in [-0.3, -0.25) is 9.55 Å². The quantitative estimate of drug-likeness (QED) is 0.647. The Morgan fingerprint density at radius 1 is 1.16 bits per heavy atom. The van der Waals surface area contributed by atoms with Gasteiger partial charge in [-0.25, -0.2) is 4.79 Å². The van der Waals surface area contributed by atoms with Gasteiger partial charge >= 0.3 is 5.69 Å². The number of aromatic amines is 1. The summed E-state index contributed by atoms with van der Waals surface area (Å²) in [5.41, 5.74) is 1.79. The number of halogens is 2. The van der Waals surface area contributed by atoms with Gasteiger partial charge in [0.05, 0.1) is 12.2 Å². The van der Waals surface area contributed by atoms with Crippen LogP contribution < -0.4 is 5.69 Å². The van der Waals surface area contributed by atoms with Crippen molar-refractivity contribution in [2.75, 3.05) is 0 Å². The van der Waals surface area contributed by atoms with E-state index in [-0.39, 0.29) is 11.6 Å². The van der Waals surface area contributed by atoms with Gasteiger partial charge in [0.25, 0.3) is 0 Å². The number of nitrogens with one attached hydrogen (secondary N) is 1. The molecule has 2 aromatic heterocycles.